The van der Waals surface area contributed by atoms with E-state index in [-0.39, 0.29) is 5.34 Å². The minimum atomic E-state index is 0.0883. The summed E-state index contributed by atoms with van der Waals surface area (Å²) in [6, 6.07) is 0. The second-order valence-electron chi connectivity index (χ2n) is 1.60. The lowest BCUT2D eigenvalue weighted by Gasteiger charge is -2.15. The fourth-order valence-electron chi connectivity index (χ4n) is 0.553. The molecule has 0 aromatic rings. The summed E-state index contributed by atoms with van der Waals surface area (Å²) in [5.74, 6) is 0.361. The van der Waals surface area contributed by atoms with Gasteiger partial charge in [-0.25, -0.2) is 5.43 Å². The Hall–Kier alpha value is -1.26. The highest BCUT2D eigenvalue weighted by atomic mass is 19.2. The monoisotopic (exact) mass is 145 g/mol. The fraction of sp³-hybridized carbons (Fsp3) is 0.400. The van der Waals surface area contributed by atoms with Gasteiger partial charge in [0.2, 0.25) is 5.88 Å². The van der Waals surface area contributed by atoms with Crippen LogP contribution < -0.4 is 5.43 Å². The molecule has 5 heteroatoms. The van der Waals surface area contributed by atoms with Gasteiger partial charge < -0.3 is 4.74 Å². The Kier molecular flexibility index (Phi) is 2.09. The normalized spacial score (nSPS) is 16.2. The molecule has 56 valence electrons. The van der Waals surface area contributed by atoms with E-state index >= 15 is 0 Å². The van der Waals surface area contributed by atoms with Crippen molar-refractivity contribution in [2.45, 2.75) is 6.92 Å². The number of hydrazine groups is 1. The van der Waals surface area contributed by atoms with Crippen LogP contribution in [0.2, 0.25) is 0 Å². The molecule has 0 radical (unpaired) electrons. The van der Waals surface area contributed by atoms with E-state index in [4.69, 9.17) is 4.74 Å². The Morgan fingerprint density at radius 3 is 3.30 bits per heavy atom. The summed E-state index contributed by atoms with van der Waals surface area (Å²) in [6.07, 6.45) is 2.85. The number of hydrazone groups is 1. The largest absolute Gasteiger partial charge is 0.478 e. The van der Waals surface area contributed by atoms with E-state index < -0.39 is 0 Å². The highest BCUT2D eigenvalue weighted by Crippen LogP contribution is 1.98. The van der Waals surface area contributed by atoms with E-state index in [0.29, 0.717) is 12.5 Å². The molecule has 0 spiro atoms. The average molecular weight is 145 g/mol. The molecular weight excluding hydrogens is 137 g/mol. The molecule has 1 heterocycles. The van der Waals surface area contributed by atoms with Gasteiger partial charge in [-0.3, -0.25) is 0 Å². The van der Waals surface area contributed by atoms with Crippen molar-refractivity contribution in [2.24, 2.45) is 5.10 Å². The first-order valence-corrected chi connectivity index (χ1v) is 2.92. The maximum absolute atomic E-state index is 12.2. The Balaban J connectivity index is 2.45. The minimum absolute atomic E-state index is 0.0883. The number of allylic oxidation sites excluding steroid dienone is 1. The molecule has 0 atom stereocenters. The van der Waals surface area contributed by atoms with E-state index in [1.807, 2.05) is 6.92 Å². The van der Waals surface area contributed by atoms with Crippen molar-refractivity contribution in [1.82, 2.24) is 10.8 Å². The van der Waals surface area contributed by atoms with E-state index in [2.05, 4.69) is 10.5 Å². The summed E-state index contributed by atoms with van der Waals surface area (Å²) in [4.78, 5) is 0. The highest BCUT2D eigenvalue weighted by molar-refractivity contribution is 5.71. The Morgan fingerprint density at radius 1 is 1.90 bits per heavy atom. The maximum atomic E-state index is 12.2. The molecule has 0 bridgehead atoms. The van der Waals surface area contributed by atoms with Crippen molar-refractivity contribution >= 4 is 6.21 Å². The van der Waals surface area contributed by atoms with Crippen LogP contribution in [0.1, 0.15) is 6.92 Å². The molecule has 0 aromatic heterocycles. The smallest absolute Gasteiger partial charge is 0.210 e. The van der Waals surface area contributed by atoms with Crippen LogP contribution in [0.3, 0.4) is 0 Å². The van der Waals surface area contributed by atoms with Crippen molar-refractivity contribution in [3.8, 4) is 0 Å². The molecule has 10 heavy (non-hydrogen) atoms. The zero-order valence-electron chi connectivity index (χ0n) is 5.54. The summed E-state index contributed by atoms with van der Waals surface area (Å²) in [5, 5.41) is 3.32. The van der Waals surface area contributed by atoms with Gasteiger partial charge in [0.1, 0.15) is 0 Å². The molecule has 1 N–H and O–H groups in total. The van der Waals surface area contributed by atoms with Crippen LogP contribution in [0, 0.1) is 0 Å². The third-order valence-electron chi connectivity index (χ3n) is 0.896. The van der Waals surface area contributed by atoms with Gasteiger partial charge in [-0.05, 0) is 12.3 Å². The van der Waals surface area contributed by atoms with Crippen LogP contribution in [0.15, 0.2) is 17.1 Å². The number of nitrogens with one attached hydrogen (secondary N) is 1. The lowest BCUT2D eigenvalue weighted by atomic mass is 10.6. The summed E-state index contributed by atoms with van der Waals surface area (Å²) in [5.41, 5.74) is 2.22. The molecule has 1 rings (SSSR count). The van der Waals surface area contributed by atoms with Crippen molar-refractivity contribution in [3.63, 3.8) is 0 Å². The second-order valence-corrected chi connectivity index (χ2v) is 1.60. The third kappa shape index (κ3) is 1.61. The fourth-order valence-corrected chi connectivity index (χ4v) is 0.553. The first kappa shape index (κ1) is 6.85. The van der Waals surface area contributed by atoms with Crippen molar-refractivity contribution in [1.29, 1.82) is 0 Å². The number of rotatable bonds is 2. The zero-order chi connectivity index (χ0) is 7.40. The lowest BCUT2D eigenvalue weighted by Crippen LogP contribution is -2.29. The van der Waals surface area contributed by atoms with Crippen LogP contribution in [0.25, 0.3) is 0 Å². The van der Waals surface area contributed by atoms with Crippen molar-refractivity contribution in [2.75, 3.05) is 6.61 Å². The van der Waals surface area contributed by atoms with Crippen LogP contribution >= 0.6 is 0 Å². The molecule has 0 amide bonds. The predicted molar refractivity (Wildman–Crippen MR) is 34.3 cm³/mol. The number of halogens is 1. The maximum Gasteiger partial charge on any atom is 0.210 e. The number of hydrogen-bond donors (Lipinski definition) is 1. The summed E-state index contributed by atoms with van der Waals surface area (Å²) >= 11 is 0. The Labute approximate surface area is 57.9 Å². The quantitative estimate of drug-likeness (QED) is 0.576. The molecule has 1 aliphatic rings. The number of ether oxygens (including phenoxy) is 1. The van der Waals surface area contributed by atoms with Crippen LogP contribution in [0.4, 0.5) is 4.48 Å². The van der Waals surface area contributed by atoms with Crippen LogP contribution in [0.5, 0.6) is 0 Å². The molecular formula is C5H8FN3O. The molecule has 0 unspecified atom stereocenters. The summed E-state index contributed by atoms with van der Waals surface area (Å²) in [6.45, 7) is 2.32. The van der Waals surface area contributed by atoms with E-state index in [1.54, 1.807) is 6.08 Å². The summed E-state index contributed by atoms with van der Waals surface area (Å²) in [7, 11) is 0. The number of hydrogen-bond acceptors (Lipinski definition) is 4. The molecule has 1 aliphatic heterocycles. The second kappa shape index (κ2) is 3.05. The van der Waals surface area contributed by atoms with Gasteiger partial charge >= 0.3 is 0 Å². The molecule has 0 saturated heterocycles. The van der Waals surface area contributed by atoms with Crippen LogP contribution in [-0.4, -0.2) is 18.2 Å². The van der Waals surface area contributed by atoms with E-state index in [9.17, 15) is 4.48 Å². The average Bonchev–Trinajstić information content (AvgIpc) is 1.88. The molecule has 0 aliphatic carbocycles. The lowest BCUT2D eigenvalue weighted by molar-refractivity contribution is -0.0416. The zero-order valence-corrected chi connectivity index (χ0v) is 5.54. The van der Waals surface area contributed by atoms with Gasteiger partial charge in [-0.1, -0.05) is 4.48 Å². The van der Waals surface area contributed by atoms with Crippen molar-refractivity contribution < 1.29 is 9.22 Å². The van der Waals surface area contributed by atoms with Crippen molar-refractivity contribution in [3.05, 3.63) is 12.0 Å². The van der Waals surface area contributed by atoms with Gasteiger partial charge in [-0.2, -0.15) is 0 Å². The Morgan fingerprint density at radius 2 is 2.70 bits per heavy atom. The standard InChI is InChI=1S/C5H8FN3O/c1-2-10-5-3-4-7-9(6)8-5/h3-4,8H,2H2,1H3. The van der Waals surface area contributed by atoms with Gasteiger partial charge in [0.25, 0.3) is 0 Å². The Bertz CT molecular complexity index is 168. The van der Waals surface area contributed by atoms with Crippen LogP contribution in [-0.2, 0) is 4.74 Å². The first-order chi connectivity index (χ1) is 4.83. The molecule has 0 saturated carbocycles. The minimum Gasteiger partial charge on any atom is -0.478 e. The van der Waals surface area contributed by atoms with Gasteiger partial charge in [-0.15, -0.1) is 5.10 Å². The van der Waals surface area contributed by atoms with Gasteiger partial charge in [0.15, 0.2) is 0 Å². The number of nitrogens with zero attached hydrogens (tertiary/aromatic N) is 2. The summed E-state index contributed by atoms with van der Waals surface area (Å²) < 4.78 is 17.1. The SMILES string of the molecule is CCOC1=CC=NN(F)N1. The molecule has 0 aromatic carbocycles. The third-order valence-corrected chi connectivity index (χ3v) is 0.896. The van der Waals surface area contributed by atoms with E-state index in [1.165, 1.54) is 6.21 Å². The molecule has 4 nitrogen and oxygen atoms in total. The van der Waals surface area contributed by atoms with E-state index in [0.717, 1.165) is 0 Å². The van der Waals surface area contributed by atoms with Gasteiger partial charge in [0.05, 0.1) is 12.8 Å². The molecule has 0 fully saturated rings. The predicted octanol–water partition coefficient (Wildman–Crippen LogP) is 0.555. The highest BCUT2D eigenvalue weighted by Gasteiger charge is 2.04. The first-order valence-electron chi connectivity index (χ1n) is 2.92. The van der Waals surface area contributed by atoms with Gasteiger partial charge in [0, 0.05) is 6.08 Å². The topological polar surface area (TPSA) is 36.9 Å².